The van der Waals surface area contributed by atoms with Crippen LogP contribution in [0.25, 0.3) is 0 Å². The summed E-state index contributed by atoms with van der Waals surface area (Å²) in [7, 11) is 5.07. The van der Waals surface area contributed by atoms with E-state index in [4.69, 9.17) is 22.6 Å². The minimum Gasteiger partial charge on any atom is -0.394 e. The third-order valence-electron chi connectivity index (χ3n) is 1.70. The zero-order valence-corrected chi connectivity index (χ0v) is 8.71. The maximum Gasteiger partial charge on any atom is 0.177 e. The van der Waals surface area contributed by atoms with E-state index in [1.165, 1.54) is 0 Å². The Morgan fingerprint density at radius 2 is 1.57 bits per heavy atom. The fraction of sp³-hybridized carbons (Fsp3) is 1.00. The molecule has 0 aliphatic rings. The van der Waals surface area contributed by atoms with Crippen LogP contribution in [0.1, 0.15) is 19.3 Å². The van der Waals surface area contributed by atoms with Gasteiger partial charge >= 0.3 is 0 Å². The van der Waals surface area contributed by atoms with Crippen LogP contribution in [0.2, 0.25) is 0 Å². The molecule has 0 heterocycles. The topological polar surface area (TPSA) is 50.7 Å². The molecular weight excluding hydrogens is 181 g/mol. The number of rotatable bonds is 11. The number of aliphatic hydroxyl groups is 1. The van der Waals surface area contributed by atoms with Crippen LogP contribution in [0, 0.1) is 0 Å². The third kappa shape index (κ3) is 11.9. The Balaban J connectivity index is 2.78. The van der Waals surface area contributed by atoms with Crippen LogP contribution in [-0.2, 0) is 9.47 Å². The number of hydrogen-bond donors (Lipinski definition) is 2. The quantitative estimate of drug-likeness (QED) is 0.360. The SMILES string of the molecule is [B]NCCOCCCCCOCCO. The molecule has 0 aromatic carbocycles. The molecule has 0 fully saturated rings. The van der Waals surface area contributed by atoms with Crippen molar-refractivity contribution in [2.24, 2.45) is 0 Å². The molecule has 2 radical (unpaired) electrons. The second kappa shape index (κ2) is 12.9. The number of aliphatic hydroxyl groups excluding tert-OH is 1. The lowest BCUT2D eigenvalue weighted by atomic mass is 10.2. The Kier molecular flexibility index (Phi) is 12.8. The minimum absolute atomic E-state index is 0.106. The van der Waals surface area contributed by atoms with Gasteiger partial charge in [0.25, 0.3) is 0 Å². The highest BCUT2D eigenvalue weighted by Crippen LogP contribution is 1.96. The van der Waals surface area contributed by atoms with Crippen molar-refractivity contribution in [1.82, 2.24) is 5.23 Å². The van der Waals surface area contributed by atoms with E-state index in [2.05, 4.69) is 5.23 Å². The molecule has 5 heteroatoms. The van der Waals surface area contributed by atoms with E-state index >= 15 is 0 Å². The summed E-state index contributed by atoms with van der Waals surface area (Å²) in [5.41, 5.74) is 0. The highest BCUT2D eigenvalue weighted by molar-refractivity contribution is 6.04. The van der Waals surface area contributed by atoms with Gasteiger partial charge in [-0.15, -0.1) is 0 Å². The van der Waals surface area contributed by atoms with Gasteiger partial charge in [-0.3, -0.25) is 0 Å². The highest BCUT2D eigenvalue weighted by atomic mass is 16.5. The van der Waals surface area contributed by atoms with Gasteiger partial charge in [0.2, 0.25) is 0 Å². The molecule has 82 valence electrons. The van der Waals surface area contributed by atoms with Crippen molar-refractivity contribution >= 4 is 7.98 Å². The second-order valence-corrected chi connectivity index (χ2v) is 2.96. The zero-order valence-electron chi connectivity index (χ0n) is 8.71. The van der Waals surface area contributed by atoms with Crippen molar-refractivity contribution in [1.29, 1.82) is 0 Å². The van der Waals surface area contributed by atoms with Crippen LogP contribution in [-0.4, -0.2) is 52.7 Å². The number of hydrogen-bond acceptors (Lipinski definition) is 4. The normalized spacial score (nSPS) is 10.6. The standard InChI is InChI=1S/C9H20BNO3/c10-11-4-8-13-6-2-1-3-7-14-9-5-12/h11-12H,1-9H2. The highest BCUT2D eigenvalue weighted by Gasteiger charge is 1.91. The summed E-state index contributed by atoms with van der Waals surface area (Å²) in [5, 5.41) is 11.0. The summed E-state index contributed by atoms with van der Waals surface area (Å²) in [6, 6.07) is 0. The molecule has 0 saturated heterocycles. The lowest BCUT2D eigenvalue weighted by molar-refractivity contribution is 0.0864. The van der Waals surface area contributed by atoms with Crippen LogP contribution < -0.4 is 5.23 Å². The Hall–Kier alpha value is -0.0951. The average Bonchev–Trinajstić information content (AvgIpc) is 2.21. The van der Waals surface area contributed by atoms with Crippen molar-refractivity contribution in [3.63, 3.8) is 0 Å². The molecule has 2 N–H and O–H groups in total. The molecule has 0 aromatic heterocycles. The lowest BCUT2D eigenvalue weighted by Crippen LogP contribution is -2.16. The molecular formula is C9H20BNO3. The summed E-state index contributed by atoms with van der Waals surface area (Å²) in [4.78, 5) is 0. The van der Waals surface area contributed by atoms with Crippen LogP contribution in [0.5, 0.6) is 0 Å². The minimum atomic E-state index is 0.106. The molecule has 0 aliphatic carbocycles. The average molecular weight is 201 g/mol. The Morgan fingerprint density at radius 1 is 0.929 bits per heavy atom. The molecule has 0 saturated carbocycles. The molecule has 14 heavy (non-hydrogen) atoms. The van der Waals surface area contributed by atoms with Crippen LogP contribution in [0.4, 0.5) is 0 Å². The molecule has 0 atom stereocenters. The van der Waals surface area contributed by atoms with Crippen molar-refractivity contribution in [3.05, 3.63) is 0 Å². The Bertz CT molecular complexity index is 94.1. The van der Waals surface area contributed by atoms with Crippen LogP contribution in [0.15, 0.2) is 0 Å². The molecule has 0 amide bonds. The van der Waals surface area contributed by atoms with E-state index in [0.29, 0.717) is 19.8 Å². The number of ether oxygens (including phenoxy) is 2. The van der Waals surface area contributed by atoms with Gasteiger partial charge in [-0.25, -0.2) is 0 Å². The predicted octanol–water partition coefficient (Wildman–Crippen LogP) is -0.145. The molecule has 0 aliphatic heterocycles. The molecule has 0 bridgehead atoms. The van der Waals surface area contributed by atoms with Gasteiger partial charge in [0.1, 0.15) is 0 Å². The van der Waals surface area contributed by atoms with E-state index in [1.807, 2.05) is 0 Å². The first-order valence-corrected chi connectivity index (χ1v) is 5.11. The predicted molar refractivity (Wildman–Crippen MR) is 56.3 cm³/mol. The molecule has 0 unspecified atom stereocenters. The van der Waals surface area contributed by atoms with Gasteiger partial charge < -0.3 is 19.8 Å². The van der Waals surface area contributed by atoms with Crippen molar-refractivity contribution in [2.45, 2.75) is 19.3 Å². The van der Waals surface area contributed by atoms with E-state index in [0.717, 1.165) is 32.5 Å². The smallest absolute Gasteiger partial charge is 0.177 e. The van der Waals surface area contributed by atoms with Crippen LogP contribution in [0.3, 0.4) is 0 Å². The summed E-state index contributed by atoms with van der Waals surface area (Å²) < 4.78 is 10.4. The van der Waals surface area contributed by atoms with E-state index in [9.17, 15) is 0 Å². The number of unbranched alkanes of at least 4 members (excludes halogenated alkanes) is 2. The maximum atomic E-state index is 8.43. The molecule has 0 aromatic rings. The monoisotopic (exact) mass is 201 g/mol. The Labute approximate surface area is 87.4 Å². The first-order chi connectivity index (χ1) is 6.91. The van der Waals surface area contributed by atoms with E-state index < -0.39 is 0 Å². The van der Waals surface area contributed by atoms with E-state index in [1.54, 1.807) is 0 Å². The first-order valence-electron chi connectivity index (χ1n) is 5.11. The van der Waals surface area contributed by atoms with E-state index in [-0.39, 0.29) is 6.61 Å². The van der Waals surface area contributed by atoms with Gasteiger partial charge in [-0.05, 0) is 19.3 Å². The lowest BCUT2D eigenvalue weighted by Gasteiger charge is -2.04. The van der Waals surface area contributed by atoms with Crippen molar-refractivity contribution in [3.8, 4) is 0 Å². The fourth-order valence-corrected chi connectivity index (χ4v) is 0.985. The maximum absolute atomic E-state index is 8.43. The largest absolute Gasteiger partial charge is 0.394 e. The van der Waals surface area contributed by atoms with Gasteiger partial charge in [0.15, 0.2) is 7.98 Å². The second-order valence-electron chi connectivity index (χ2n) is 2.96. The third-order valence-corrected chi connectivity index (χ3v) is 1.70. The number of nitrogens with one attached hydrogen (secondary N) is 1. The summed E-state index contributed by atoms with van der Waals surface area (Å²) >= 11 is 0. The van der Waals surface area contributed by atoms with Crippen molar-refractivity contribution < 1.29 is 14.6 Å². The molecule has 0 rings (SSSR count). The summed E-state index contributed by atoms with van der Waals surface area (Å²) in [6.07, 6.45) is 3.17. The van der Waals surface area contributed by atoms with Gasteiger partial charge in [-0.2, -0.15) is 0 Å². The first kappa shape index (κ1) is 13.9. The van der Waals surface area contributed by atoms with Gasteiger partial charge in [0, 0.05) is 19.8 Å². The Morgan fingerprint density at radius 3 is 2.14 bits per heavy atom. The van der Waals surface area contributed by atoms with Crippen molar-refractivity contribution in [2.75, 3.05) is 39.6 Å². The van der Waals surface area contributed by atoms with Gasteiger partial charge in [0.05, 0.1) is 19.8 Å². The molecule has 4 nitrogen and oxygen atoms in total. The zero-order chi connectivity index (χ0) is 10.5. The molecule has 0 spiro atoms. The summed E-state index contributed by atoms with van der Waals surface area (Å²) in [6.45, 7) is 3.41. The summed E-state index contributed by atoms with van der Waals surface area (Å²) in [5.74, 6) is 0. The van der Waals surface area contributed by atoms with Gasteiger partial charge in [-0.1, -0.05) is 0 Å². The fourth-order valence-electron chi connectivity index (χ4n) is 0.985. The van der Waals surface area contributed by atoms with Crippen LogP contribution >= 0.6 is 0 Å².